The van der Waals surface area contributed by atoms with Crippen LogP contribution < -0.4 is 4.74 Å². The third-order valence-electron chi connectivity index (χ3n) is 9.03. The lowest BCUT2D eigenvalue weighted by molar-refractivity contribution is -0.143. The van der Waals surface area contributed by atoms with Crippen LogP contribution in [0.25, 0.3) is 6.08 Å². The summed E-state index contributed by atoms with van der Waals surface area (Å²) >= 11 is 0. The van der Waals surface area contributed by atoms with Gasteiger partial charge in [0, 0.05) is 44.7 Å². The Morgan fingerprint density at radius 2 is 1.45 bits per heavy atom. The highest BCUT2D eigenvalue weighted by atomic mass is 16.5. The van der Waals surface area contributed by atoms with Gasteiger partial charge in [0.2, 0.25) is 0 Å². The summed E-state index contributed by atoms with van der Waals surface area (Å²) in [6.07, 6.45) is 11.8. The Bertz CT molecular complexity index is 1400. The predicted molar refractivity (Wildman–Crippen MR) is 198 cm³/mol. The number of benzene rings is 3. The van der Waals surface area contributed by atoms with Crippen LogP contribution in [-0.2, 0) is 27.2 Å². The van der Waals surface area contributed by atoms with E-state index in [1.54, 1.807) is 0 Å². The van der Waals surface area contributed by atoms with Crippen LogP contribution in [0.2, 0.25) is 0 Å². The zero-order valence-electron chi connectivity index (χ0n) is 29.7. The van der Waals surface area contributed by atoms with Crippen molar-refractivity contribution in [2.75, 3.05) is 52.5 Å². The van der Waals surface area contributed by atoms with Crippen LogP contribution >= 0.6 is 0 Å². The summed E-state index contributed by atoms with van der Waals surface area (Å²) in [7, 11) is 0. The van der Waals surface area contributed by atoms with Crippen molar-refractivity contribution in [2.45, 2.75) is 71.8 Å². The minimum atomic E-state index is -0.297. The lowest BCUT2D eigenvalue weighted by atomic mass is 9.92. The van der Waals surface area contributed by atoms with Gasteiger partial charge in [0.25, 0.3) is 0 Å². The lowest BCUT2D eigenvalue weighted by Gasteiger charge is -2.34. The zero-order valence-corrected chi connectivity index (χ0v) is 29.7. The van der Waals surface area contributed by atoms with Crippen LogP contribution in [0.1, 0.15) is 85.8 Å². The number of piperazine rings is 1. The number of nitrogens with zero attached hydrogens (tertiary/aromatic N) is 2. The van der Waals surface area contributed by atoms with E-state index >= 15 is 0 Å². The Hall–Kier alpha value is -3.94. The Morgan fingerprint density at radius 1 is 0.735 bits per heavy atom. The number of para-hydroxylation sites is 1. The molecule has 1 saturated heterocycles. The smallest absolute Gasteiger partial charge is 0.338 e. The average molecular weight is 669 g/mol. The van der Waals surface area contributed by atoms with Crippen LogP contribution in [0.3, 0.4) is 0 Å². The van der Waals surface area contributed by atoms with Gasteiger partial charge < -0.3 is 19.1 Å². The molecule has 7 nitrogen and oxygen atoms in total. The molecule has 0 saturated carbocycles. The number of carbonyl (C=O) groups is 2. The Kier molecular flexibility index (Phi) is 16.9. The third kappa shape index (κ3) is 14.2. The van der Waals surface area contributed by atoms with Crippen molar-refractivity contribution in [1.82, 2.24) is 9.80 Å². The van der Waals surface area contributed by atoms with Crippen LogP contribution in [0.5, 0.6) is 5.75 Å². The van der Waals surface area contributed by atoms with E-state index in [9.17, 15) is 9.59 Å². The standard InChI is InChI=1S/C42H56N2O5/c1-3-47-41(45)20-12-9-15-35(33-36-22-25-39(26-23-36)42(46)48-4-2)21-24-38-18-10-11-19-40(38)49-32-14-6-13-27-43-28-30-44(31-29-43)34-37-16-7-5-8-17-37/h5,7-8,10-11,16-19,21-26,35H,3-4,6,9,12-15,20,27-34H2,1-2H3/b24-21+. The molecule has 0 aromatic heterocycles. The maximum Gasteiger partial charge on any atom is 0.338 e. The summed E-state index contributed by atoms with van der Waals surface area (Å²) in [6, 6.07) is 26.7. The summed E-state index contributed by atoms with van der Waals surface area (Å²) in [4.78, 5) is 29.1. The van der Waals surface area contributed by atoms with E-state index < -0.39 is 0 Å². The van der Waals surface area contributed by atoms with Crippen molar-refractivity contribution in [2.24, 2.45) is 5.92 Å². The number of unbranched alkanes of at least 4 members (excludes halogenated alkanes) is 3. The molecular weight excluding hydrogens is 612 g/mol. The first-order valence-electron chi connectivity index (χ1n) is 18.3. The van der Waals surface area contributed by atoms with Gasteiger partial charge in [0.1, 0.15) is 5.75 Å². The molecule has 1 unspecified atom stereocenters. The summed E-state index contributed by atoms with van der Waals surface area (Å²) in [5, 5.41) is 0. The molecule has 3 aromatic rings. The van der Waals surface area contributed by atoms with Gasteiger partial charge in [-0.15, -0.1) is 0 Å². The summed E-state index contributed by atoms with van der Waals surface area (Å²) in [5.41, 5.74) is 4.20. The monoisotopic (exact) mass is 668 g/mol. The number of hydrogen-bond acceptors (Lipinski definition) is 7. The Balaban J connectivity index is 1.22. The number of rotatable bonds is 21. The number of ether oxygens (including phenoxy) is 3. The van der Waals surface area contributed by atoms with Gasteiger partial charge in [-0.05, 0) is 94.2 Å². The molecule has 264 valence electrons. The third-order valence-corrected chi connectivity index (χ3v) is 9.03. The molecule has 0 bridgehead atoms. The molecule has 0 radical (unpaired) electrons. The van der Waals surface area contributed by atoms with E-state index in [2.05, 4.69) is 70.5 Å². The first-order chi connectivity index (χ1) is 24.0. The van der Waals surface area contributed by atoms with Gasteiger partial charge in [-0.25, -0.2) is 4.79 Å². The maximum absolute atomic E-state index is 12.1. The fraction of sp³-hybridized carbons (Fsp3) is 0.476. The minimum absolute atomic E-state index is 0.132. The molecule has 7 heteroatoms. The minimum Gasteiger partial charge on any atom is -0.493 e. The van der Waals surface area contributed by atoms with E-state index in [0.717, 1.165) is 94.7 Å². The molecule has 1 atom stereocenters. The Labute approximate surface area is 294 Å². The van der Waals surface area contributed by atoms with Crippen molar-refractivity contribution in [3.8, 4) is 5.75 Å². The normalized spacial score (nSPS) is 14.5. The molecule has 1 fully saturated rings. The quantitative estimate of drug-likeness (QED) is 0.0837. The summed E-state index contributed by atoms with van der Waals surface area (Å²) < 4.78 is 16.5. The van der Waals surface area contributed by atoms with Crippen molar-refractivity contribution >= 4 is 18.0 Å². The SMILES string of the molecule is CCOC(=O)CCCCC(/C=C/c1ccccc1OCCCCCN1CCN(Cc2ccccc2)CC1)Cc1ccc(C(=O)OCC)cc1. The molecule has 49 heavy (non-hydrogen) atoms. The first kappa shape index (κ1) is 37.9. The number of esters is 2. The molecule has 0 spiro atoms. The maximum atomic E-state index is 12.1. The fourth-order valence-electron chi connectivity index (χ4n) is 6.27. The van der Waals surface area contributed by atoms with Crippen LogP contribution in [-0.4, -0.2) is 74.3 Å². The molecule has 3 aromatic carbocycles. The second kappa shape index (κ2) is 21.9. The van der Waals surface area contributed by atoms with Crippen LogP contribution in [0.15, 0.2) is 84.9 Å². The van der Waals surface area contributed by atoms with Gasteiger partial charge >= 0.3 is 11.9 Å². The number of allylic oxidation sites excluding steroid dienone is 1. The molecule has 1 aliphatic heterocycles. The molecule has 0 N–H and O–H groups in total. The number of carbonyl (C=O) groups excluding carboxylic acids is 2. The predicted octanol–water partition coefficient (Wildman–Crippen LogP) is 8.23. The average Bonchev–Trinajstić information content (AvgIpc) is 3.12. The zero-order chi connectivity index (χ0) is 34.5. The molecule has 0 amide bonds. The van der Waals surface area contributed by atoms with Gasteiger partial charge in [0.05, 0.1) is 25.4 Å². The van der Waals surface area contributed by atoms with Crippen molar-refractivity contribution in [3.63, 3.8) is 0 Å². The summed E-state index contributed by atoms with van der Waals surface area (Å²) in [5.74, 6) is 0.749. The highest BCUT2D eigenvalue weighted by Crippen LogP contribution is 2.24. The van der Waals surface area contributed by atoms with E-state index in [-0.39, 0.29) is 17.9 Å². The topological polar surface area (TPSA) is 68.3 Å². The molecular formula is C42H56N2O5. The highest BCUT2D eigenvalue weighted by molar-refractivity contribution is 5.89. The van der Waals surface area contributed by atoms with Gasteiger partial charge in [-0.2, -0.15) is 0 Å². The van der Waals surface area contributed by atoms with Gasteiger partial charge in [-0.3, -0.25) is 9.69 Å². The van der Waals surface area contributed by atoms with E-state index in [1.807, 2.05) is 44.2 Å². The van der Waals surface area contributed by atoms with E-state index in [4.69, 9.17) is 14.2 Å². The Morgan fingerprint density at radius 3 is 2.20 bits per heavy atom. The molecule has 0 aliphatic carbocycles. The molecule has 1 aliphatic rings. The summed E-state index contributed by atoms with van der Waals surface area (Å²) in [6.45, 7) is 11.9. The molecule has 1 heterocycles. The molecule has 4 rings (SSSR count). The largest absolute Gasteiger partial charge is 0.493 e. The van der Waals surface area contributed by atoms with E-state index in [0.29, 0.717) is 31.8 Å². The van der Waals surface area contributed by atoms with Gasteiger partial charge in [-0.1, -0.05) is 79.2 Å². The first-order valence-corrected chi connectivity index (χ1v) is 18.3. The van der Waals surface area contributed by atoms with Crippen molar-refractivity contribution < 1.29 is 23.8 Å². The number of hydrogen-bond donors (Lipinski definition) is 0. The van der Waals surface area contributed by atoms with Crippen molar-refractivity contribution in [3.05, 3.63) is 107 Å². The fourth-order valence-corrected chi connectivity index (χ4v) is 6.27. The second-order valence-corrected chi connectivity index (χ2v) is 12.8. The van der Waals surface area contributed by atoms with Gasteiger partial charge in [0.15, 0.2) is 0 Å². The lowest BCUT2D eigenvalue weighted by Crippen LogP contribution is -2.46. The van der Waals surface area contributed by atoms with Crippen molar-refractivity contribution in [1.29, 1.82) is 0 Å². The van der Waals surface area contributed by atoms with E-state index in [1.165, 1.54) is 12.0 Å². The van der Waals surface area contributed by atoms with Crippen LogP contribution in [0, 0.1) is 5.92 Å². The van der Waals surface area contributed by atoms with Crippen LogP contribution in [0.4, 0.5) is 0 Å². The highest BCUT2D eigenvalue weighted by Gasteiger charge is 2.16. The second-order valence-electron chi connectivity index (χ2n) is 12.8.